The van der Waals surface area contributed by atoms with Gasteiger partial charge in [0.1, 0.15) is 5.82 Å². The van der Waals surface area contributed by atoms with Gasteiger partial charge >= 0.3 is 5.97 Å². The van der Waals surface area contributed by atoms with Crippen molar-refractivity contribution in [3.8, 4) is 0 Å². The summed E-state index contributed by atoms with van der Waals surface area (Å²) in [7, 11) is 0. The van der Waals surface area contributed by atoms with Gasteiger partial charge in [0.05, 0.1) is 5.56 Å². The lowest BCUT2D eigenvalue weighted by atomic mass is 10.1. The van der Waals surface area contributed by atoms with Crippen LogP contribution in [0.1, 0.15) is 33.8 Å². The molecule has 0 bridgehead atoms. The largest absolute Gasteiger partial charge is 0.478 e. The van der Waals surface area contributed by atoms with Gasteiger partial charge in [-0.2, -0.15) is 0 Å². The first-order valence-corrected chi connectivity index (χ1v) is 6.95. The topological polar surface area (TPSA) is 49.3 Å². The van der Waals surface area contributed by atoms with Crippen molar-refractivity contribution in [2.75, 3.05) is 0 Å². The Kier molecular flexibility index (Phi) is 3.71. The number of aromatic carboxylic acids is 1. The second-order valence-corrected chi connectivity index (χ2v) is 5.36. The van der Waals surface area contributed by atoms with E-state index in [9.17, 15) is 9.18 Å². The van der Waals surface area contributed by atoms with Crippen LogP contribution >= 0.6 is 0 Å². The maximum absolute atomic E-state index is 13.6. The SMILES string of the molecule is O=C(O)c1ccc(CNC2CC2c2ccccc2)cc1F. The zero-order valence-electron chi connectivity index (χ0n) is 11.4. The molecule has 2 atom stereocenters. The van der Waals surface area contributed by atoms with E-state index in [4.69, 9.17) is 5.11 Å². The van der Waals surface area contributed by atoms with Gasteiger partial charge in [-0.25, -0.2) is 9.18 Å². The van der Waals surface area contributed by atoms with Crippen LogP contribution in [0, 0.1) is 5.82 Å². The van der Waals surface area contributed by atoms with Crippen LogP contribution in [0.5, 0.6) is 0 Å². The van der Waals surface area contributed by atoms with Crippen LogP contribution in [0.25, 0.3) is 0 Å². The molecule has 1 aliphatic carbocycles. The van der Waals surface area contributed by atoms with Gasteiger partial charge in [-0.05, 0) is 29.7 Å². The van der Waals surface area contributed by atoms with Crippen molar-refractivity contribution in [3.63, 3.8) is 0 Å². The third-order valence-corrected chi connectivity index (χ3v) is 3.85. The quantitative estimate of drug-likeness (QED) is 0.887. The van der Waals surface area contributed by atoms with Gasteiger partial charge in [-0.1, -0.05) is 36.4 Å². The minimum absolute atomic E-state index is 0.285. The summed E-state index contributed by atoms with van der Waals surface area (Å²) < 4.78 is 13.6. The molecule has 0 saturated heterocycles. The zero-order chi connectivity index (χ0) is 14.8. The minimum atomic E-state index is -1.24. The molecule has 1 aliphatic rings. The standard InChI is InChI=1S/C17H16FNO2/c18-15-8-11(6-7-13(15)17(20)21)10-19-16-9-14(16)12-4-2-1-3-5-12/h1-8,14,16,19H,9-10H2,(H,20,21). The number of halogens is 1. The maximum atomic E-state index is 13.6. The first-order valence-electron chi connectivity index (χ1n) is 6.95. The number of nitrogens with one attached hydrogen (secondary N) is 1. The lowest BCUT2D eigenvalue weighted by molar-refractivity contribution is 0.0692. The Morgan fingerprint density at radius 2 is 2.00 bits per heavy atom. The third kappa shape index (κ3) is 3.11. The molecule has 2 aromatic rings. The molecule has 2 aromatic carbocycles. The lowest BCUT2D eigenvalue weighted by Gasteiger charge is -2.06. The molecule has 3 rings (SSSR count). The number of carboxylic acids is 1. The predicted molar refractivity (Wildman–Crippen MR) is 77.8 cm³/mol. The first-order chi connectivity index (χ1) is 10.1. The molecule has 0 spiro atoms. The molecule has 2 N–H and O–H groups in total. The zero-order valence-corrected chi connectivity index (χ0v) is 11.4. The highest BCUT2D eigenvalue weighted by Crippen LogP contribution is 2.40. The predicted octanol–water partition coefficient (Wildman–Crippen LogP) is 3.17. The molecule has 1 saturated carbocycles. The van der Waals surface area contributed by atoms with E-state index in [1.807, 2.05) is 18.2 Å². The Balaban J connectivity index is 1.57. The molecule has 2 unspecified atom stereocenters. The molecule has 0 aromatic heterocycles. The Labute approximate surface area is 122 Å². The van der Waals surface area contributed by atoms with Gasteiger partial charge in [0.2, 0.25) is 0 Å². The summed E-state index contributed by atoms with van der Waals surface area (Å²) >= 11 is 0. The highest BCUT2D eigenvalue weighted by Gasteiger charge is 2.37. The fourth-order valence-corrected chi connectivity index (χ4v) is 2.58. The van der Waals surface area contributed by atoms with Crippen molar-refractivity contribution in [1.82, 2.24) is 5.32 Å². The fraction of sp³-hybridized carbons (Fsp3) is 0.235. The van der Waals surface area contributed by atoms with Gasteiger partial charge in [0.15, 0.2) is 0 Å². The summed E-state index contributed by atoms with van der Waals surface area (Å²) in [6.07, 6.45) is 1.08. The maximum Gasteiger partial charge on any atom is 0.338 e. The minimum Gasteiger partial charge on any atom is -0.478 e. The summed E-state index contributed by atoms with van der Waals surface area (Å²) in [6.45, 7) is 0.546. The van der Waals surface area contributed by atoms with E-state index in [0.717, 1.165) is 12.0 Å². The Morgan fingerprint density at radius 3 is 2.67 bits per heavy atom. The first kappa shape index (κ1) is 13.8. The molecule has 21 heavy (non-hydrogen) atoms. The highest BCUT2D eigenvalue weighted by molar-refractivity contribution is 5.87. The van der Waals surface area contributed by atoms with Crippen LogP contribution in [0.4, 0.5) is 4.39 Å². The summed E-state index contributed by atoms with van der Waals surface area (Å²) in [6, 6.07) is 15.0. The number of hydrogen-bond acceptors (Lipinski definition) is 2. The van der Waals surface area contributed by atoms with E-state index in [1.54, 1.807) is 6.07 Å². The Morgan fingerprint density at radius 1 is 1.24 bits per heavy atom. The molecule has 0 aliphatic heterocycles. The van der Waals surface area contributed by atoms with Crippen LogP contribution in [0.2, 0.25) is 0 Å². The average Bonchev–Trinajstić information content (AvgIpc) is 3.25. The molecule has 108 valence electrons. The smallest absolute Gasteiger partial charge is 0.338 e. The molecule has 0 radical (unpaired) electrons. The Bertz CT molecular complexity index is 657. The molecule has 0 heterocycles. The monoisotopic (exact) mass is 285 g/mol. The van der Waals surface area contributed by atoms with E-state index in [1.165, 1.54) is 17.7 Å². The van der Waals surface area contributed by atoms with Crippen molar-refractivity contribution in [1.29, 1.82) is 0 Å². The Hall–Kier alpha value is -2.20. The van der Waals surface area contributed by atoms with Crippen LogP contribution in [0.15, 0.2) is 48.5 Å². The number of carboxylic acid groups (broad SMARTS) is 1. The van der Waals surface area contributed by atoms with Crippen molar-refractivity contribution < 1.29 is 14.3 Å². The highest BCUT2D eigenvalue weighted by atomic mass is 19.1. The molecular weight excluding hydrogens is 269 g/mol. The van der Waals surface area contributed by atoms with Crippen molar-refractivity contribution in [3.05, 3.63) is 71.0 Å². The number of hydrogen-bond donors (Lipinski definition) is 2. The molecular formula is C17H16FNO2. The second-order valence-electron chi connectivity index (χ2n) is 5.36. The van der Waals surface area contributed by atoms with Crippen LogP contribution in [0.3, 0.4) is 0 Å². The second kappa shape index (κ2) is 5.66. The molecule has 0 amide bonds. The van der Waals surface area contributed by atoms with Gasteiger partial charge in [-0.15, -0.1) is 0 Å². The van der Waals surface area contributed by atoms with E-state index in [-0.39, 0.29) is 5.56 Å². The summed E-state index contributed by atoms with van der Waals surface area (Å²) in [5, 5.41) is 12.2. The van der Waals surface area contributed by atoms with E-state index in [2.05, 4.69) is 17.4 Å². The molecule has 1 fully saturated rings. The van der Waals surface area contributed by atoms with E-state index < -0.39 is 11.8 Å². The van der Waals surface area contributed by atoms with Crippen molar-refractivity contribution in [2.45, 2.75) is 24.9 Å². The summed E-state index contributed by atoms with van der Waals surface area (Å²) in [5.41, 5.74) is 1.80. The number of benzene rings is 2. The van der Waals surface area contributed by atoms with Crippen LogP contribution in [-0.2, 0) is 6.54 Å². The number of rotatable bonds is 5. The fourth-order valence-electron chi connectivity index (χ4n) is 2.58. The summed E-state index contributed by atoms with van der Waals surface area (Å²) in [5.74, 6) is -1.40. The van der Waals surface area contributed by atoms with Crippen LogP contribution < -0.4 is 5.32 Å². The van der Waals surface area contributed by atoms with Gasteiger partial charge in [0, 0.05) is 18.5 Å². The number of carbonyl (C=O) groups is 1. The average molecular weight is 285 g/mol. The molecule has 4 heteroatoms. The van der Waals surface area contributed by atoms with Gasteiger partial charge in [0.25, 0.3) is 0 Å². The van der Waals surface area contributed by atoms with Crippen molar-refractivity contribution >= 4 is 5.97 Å². The van der Waals surface area contributed by atoms with Gasteiger partial charge in [-0.3, -0.25) is 0 Å². The normalized spacial score (nSPS) is 20.2. The lowest BCUT2D eigenvalue weighted by Crippen LogP contribution is -2.17. The van der Waals surface area contributed by atoms with Crippen molar-refractivity contribution in [2.24, 2.45) is 0 Å². The molecule has 3 nitrogen and oxygen atoms in total. The van der Waals surface area contributed by atoms with Gasteiger partial charge < -0.3 is 10.4 Å². The van der Waals surface area contributed by atoms with E-state index in [0.29, 0.717) is 18.5 Å². The summed E-state index contributed by atoms with van der Waals surface area (Å²) in [4.78, 5) is 10.8. The third-order valence-electron chi connectivity index (χ3n) is 3.85. The van der Waals surface area contributed by atoms with Crippen LogP contribution in [-0.4, -0.2) is 17.1 Å². The van der Waals surface area contributed by atoms with E-state index >= 15 is 0 Å².